The number of thioether (sulfide) groups is 1. The zero-order valence-corrected chi connectivity index (χ0v) is 16.5. The summed E-state index contributed by atoms with van der Waals surface area (Å²) in [6.45, 7) is 6.35. The lowest BCUT2D eigenvalue weighted by atomic mass is 9.98. The fraction of sp³-hybridized carbons (Fsp3) is 0.500. The lowest BCUT2D eigenvalue weighted by molar-refractivity contribution is -0.134. The topological polar surface area (TPSA) is 58.1 Å². The van der Waals surface area contributed by atoms with E-state index in [-0.39, 0.29) is 5.91 Å². The number of likely N-dealkylation sites (tertiary alicyclic amines) is 1. The van der Waals surface area contributed by atoms with Crippen LogP contribution in [-0.2, 0) is 4.79 Å². The molecule has 0 bridgehead atoms. The predicted molar refractivity (Wildman–Crippen MR) is 105 cm³/mol. The lowest BCUT2D eigenvalue weighted by Gasteiger charge is -2.39. The number of nitrogens with one attached hydrogen (secondary N) is 1. The molecule has 0 radical (unpaired) electrons. The van der Waals surface area contributed by atoms with Gasteiger partial charge in [0.15, 0.2) is 4.34 Å². The molecule has 2 aromatic rings. The maximum atomic E-state index is 12.6. The van der Waals surface area contributed by atoms with E-state index in [1.54, 1.807) is 0 Å². The Hall–Kier alpha value is -1.60. The maximum absolute atomic E-state index is 12.6. The second-order valence-electron chi connectivity index (χ2n) is 6.58. The van der Waals surface area contributed by atoms with Crippen molar-refractivity contribution in [1.82, 2.24) is 15.1 Å². The third kappa shape index (κ3) is 4.73. The minimum absolute atomic E-state index is 0.202. The molecule has 3 rings (SSSR count). The van der Waals surface area contributed by atoms with Crippen molar-refractivity contribution >= 4 is 39.8 Å². The number of anilines is 2. The Morgan fingerprint density at radius 3 is 2.60 bits per heavy atom. The van der Waals surface area contributed by atoms with Crippen LogP contribution in [0.4, 0.5) is 10.8 Å². The summed E-state index contributed by atoms with van der Waals surface area (Å²) in [7, 11) is 0. The molecule has 134 valence electrons. The van der Waals surface area contributed by atoms with Crippen molar-refractivity contribution in [2.75, 3.05) is 11.1 Å². The quantitative estimate of drug-likeness (QED) is 0.780. The Morgan fingerprint density at radius 1 is 1.24 bits per heavy atom. The van der Waals surface area contributed by atoms with Crippen LogP contribution in [0.15, 0.2) is 28.6 Å². The standard InChI is InChI=1S/C18H24N4OS2/c1-12-7-9-15(10-8-12)19-17-20-21-18(25-17)24-11-16(23)22-13(2)5-4-6-14(22)3/h7-10,13-14H,4-6,11H2,1-3H3,(H,19,20). The molecule has 1 saturated heterocycles. The monoisotopic (exact) mass is 376 g/mol. The Kier molecular flexibility index (Phi) is 5.96. The van der Waals surface area contributed by atoms with Gasteiger partial charge >= 0.3 is 0 Å². The molecule has 1 aromatic heterocycles. The van der Waals surface area contributed by atoms with Crippen molar-refractivity contribution in [2.45, 2.75) is 56.5 Å². The molecule has 1 fully saturated rings. The van der Waals surface area contributed by atoms with Gasteiger partial charge < -0.3 is 10.2 Å². The highest BCUT2D eigenvalue weighted by molar-refractivity contribution is 8.01. The highest BCUT2D eigenvalue weighted by atomic mass is 32.2. The summed E-state index contributed by atoms with van der Waals surface area (Å²) in [6.07, 6.45) is 3.41. The molecular weight excluding hydrogens is 352 g/mol. The molecule has 5 nitrogen and oxygen atoms in total. The van der Waals surface area contributed by atoms with Crippen LogP contribution in [0.5, 0.6) is 0 Å². The van der Waals surface area contributed by atoms with Gasteiger partial charge in [-0.2, -0.15) is 0 Å². The zero-order chi connectivity index (χ0) is 17.8. The van der Waals surface area contributed by atoms with Gasteiger partial charge in [-0.25, -0.2) is 0 Å². The largest absolute Gasteiger partial charge is 0.337 e. The van der Waals surface area contributed by atoms with E-state index in [1.165, 1.54) is 35.1 Å². The van der Waals surface area contributed by atoms with Crippen molar-refractivity contribution < 1.29 is 4.79 Å². The Bertz CT molecular complexity index is 706. The zero-order valence-electron chi connectivity index (χ0n) is 14.9. The number of benzene rings is 1. The third-order valence-electron chi connectivity index (χ3n) is 4.51. The predicted octanol–water partition coefficient (Wildman–Crippen LogP) is 4.47. The van der Waals surface area contributed by atoms with Crippen molar-refractivity contribution in [1.29, 1.82) is 0 Å². The van der Waals surface area contributed by atoms with E-state index in [0.29, 0.717) is 17.8 Å². The molecule has 0 spiro atoms. The van der Waals surface area contributed by atoms with E-state index >= 15 is 0 Å². The molecule has 25 heavy (non-hydrogen) atoms. The molecular formula is C18H24N4OS2. The number of carbonyl (C=O) groups excluding carboxylic acids is 1. The van der Waals surface area contributed by atoms with Gasteiger partial charge in [0, 0.05) is 17.8 Å². The van der Waals surface area contributed by atoms with E-state index < -0.39 is 0 Å². The van der Waals surface area contributed by atoms with Gasteiger partial charge in [0.2, 0.25) is 11.0 Å². The van der Waals surface area contributed by atoms with E-state index in [9.17, 15) is 4.79 Å². The van der Waals surface area contributed by atoms with Crippen molar-refractivity contribution in [3.8, 4) is 0 Å². The van der Waals surface area contributed by atoms with Crippen molar-refractivity contribution in [3.05, 3.63) is 29.8 Å². The number of aromatic nitrogens is 2. The van der Waals surface area contributed by atoms with Crippen LogP contribution in [0.1, 0.15) is 38.7 Å². The van der Waals surface area contributed by atoms with E-state index in [0.717, 1.165) is 28.0 Å². The molecule has 0 aliphatic carbocycles. The van der Waals surface area contributed by atoms with Crippen LogP contribution in [0.3, 0.4) is 0 Å². The van der Waals surface area contributed by atoms with Crippen LogP contribution in [-0.4, -0.2) is 38.8 Å². The summed E-state index contributed by atoms with van der Waals surface area (Å²) in [6, 6.07) is 8.82. The average Bonchev–Trinajstić information content (AvgIpc) is 3.02. The number of aryl methyl sites for hydroxylation is 1. The number of nitrogens with zero attached hydrogens (tertiary/aromatic N) is 3. The molecule has 2 heterocycles. The van der Waals surface area contributed by atoms with Crippen LogP contribution in [0.2, 0.25) is 0 Å². The van der Waals surface area contributed by atoms with Crippen LogP contribution in [0, 0.1) is 6.92 Å². The molecule has 1 aliphatic heterocycles. The van der Waals surface area contributed by atoms with Gasteiger partial charge in [-0.3, -0.25) is 4.79 Å². The van der Waals surface area contributed by atoms with Gasteiger partial charge in [0.05, 0.1) is 5.75 Å². The van der Waals surface area contributed by atoms with Gasteiger partial charge in [-0.15, -0.1) is 10.2 Å². The smallest absolute Gasteiger partial charge is 0.233 e. The van der Waals surface area contributed by atoms with Crippen LogP contribution >= 0.6 is 23.1 Å². The molecule has 1 N–H and O–H groups in total. The van der Waals surface area contributed by atoms with E-state index in [1.807, 2.05) is 17.0 Å². The summed E-state index contributed by atoms with van der Waals surface area (Å²) < 4.78 is 0.820. The number of rotatable bonds is 5. The first-order chi connectivity index (χ1) is 12.0. The summed E-state index contributed by atoms with van der Waals surface area (Å²) >= 11 is 2.95. The number of piperidine rings is 1. The second-order valence-corrected chi connectivity index (χ2v) is 8.78. The first kappa shape index (κ1) is 18.2. The normalized spacial score (nSPS) is 20.5. The van der Waals surface area contributed by atoms with Gasteiger partial charge in [0.1, 0.15) is 0 Å². The third-order valence-corrected chi connectivity index (χ3v) is 6.47. The number of amides is 1. The summed E-state index contributed by atoms with van der Waals surface area (Å²) in [5, 5.41) is 12.4. The summed E-state index contributed by atoms with van der Waals surface area (Å²) in [4.78, 5) is 14.6. The van der Waals surface area contributed by atoms with E-state index in [2.05, 4.69) is 48.4 Å². The molecule has 0 saturated carbocycles. The van der Waals surface area contributed by atoms with Crippen molar-refractivity contribution in [3.63, 3.8) is 0 Å². The Balaban J connectivity index is 1.54. The van der Waals surface area contributed by atoms with Gasteiger partial charge in [-0.05, 0) is 52.2 Å². The fourth-order valence-corrected chi connectivity index (χ4v) is 4.83. The maximum Gasteiger partial charge on any atom is 0.233 e. The molecule has 2 atom stereocenters. The van der Waals surface area contributed by atoms with E-state index in [4.69, 9.17) is 0 Å². The van der Waals surface area contributed by atoms with Crippen LogP contribution in [0.25, 0.3) is 0 Å². The Labute approximate surface area is 157 Å². The molecule has 2 unspecified atom stereocenters. The van der Waals surface area contributed by atoms with Gasteiger partial charge in [-0.1, -0.05) is 40.8 Å². The summed E-state index contributed by atoms with van der Waals surface area (Å²) in [5.74, 6) is 0.626. The number of hydrogen-bond donors (Lipinski definition) is 1. The first-order valence-corrected chi connectivity index (χ1v) is 10.4. The lowest BCUT2D eigenvalue weighted by Crippen LogP contribution is -2.48. The molecule has 1 aliphatic rings. The minimum atomic E-state index is 0.202. The SMILES string of the molecule is Cc1ccc(Nc2nnc(SCC(=O)N3C(C)CCCC3C)s2)cc1. The average molecular weight is 377 g/mol. The minimum Gasteiger partial charge on any atom is -0.337 e. The highest BCUT2D eigenvalue weighted by Crippen LogP contribution is 2.29. The molecule has 7 heteroatoms. The Morgan fingerprint density at radius 2 is 1.92 bits per heavy atom. The highest BCUT2D eigenvalue weighted by Gasteiger charge is 2.28. The summed E-state index contributed by atoms with van der Waals surface area (Å²) in [5.41, 5.74) is 2.21. The van der Waals surface area contributed by atoms with Gasteiger partial charge in [0.25, 0.3) is 0 Å². The fourth-order valence-electron chi connectivity index (χ4n) is 3.19. The second kappa shape index (κ2) is 8.19. The first-order valence-electron chi connectivity index (χ1n) is 8.64. The van der Waals surface area contributed by atoms with Crippen LogP contribution < -0.4 is 5.32 Å². The number of hydrogen-bond acceptors (Lipinski definition) is 6. The number of carbonyl (C=O) groups is 1. The molecule has 1 amide bonds. The van der Waals surface area contributed by atoms with Crippen molar-refractivity contribution in [2.24, 2.45) is 0 Å². The molecule has 1 aromatic carbocycles.